The molecule has 1 atom stereocenters. The molecule has 3 heteroatoms. The topological polar surface area (TPSA) is 21.3 Å². The van der Waals surface area contributed by atoms with Crippen LogP contribution < -0.4 is 5.32 Å². The minimum Gasteiger partial charge on any atom is -0.384 e. The van der Waals surface area contributed by atoms with E-state index in [1.165, 1.54) is 16.1 Å². The van der Waals surface area contributed by atoms with Crippen LogP contribution in [0.5, 0.6) is 0 Å². The van der Waals surface area contributed by atoms with Gasteiger partial charge >= 0.3 is 0 Å². The number of hydrogen-bond donors (Lipinski definition) is 1. The van der Waals surface area contributed by atoms with E-state index in [4.69, 9.17) is 4.74 Å². The second-order valence-corrected chi connectivity index (χ2v) is 5.41. The van der Waals surface area contributed by atoms with E-state index in [1.807, 2.05) is 0 Å². The van der Waals surface area contributed by atoms with Crippen molar-refractivity contribution in [2.45, 2.75) is 6.92 Å². The van der Waals surface area contributed by atoms with Crippen LogP contribution in [0.2, 0.25) is 0 Å². The van der Waals surface area contributed by atoms with Gasteiger partial charge in [0.15, 0.2) is 0 Å². The lowest BCUT2D eigenvalue weighted by Gasteiger charge is -2.15. The first kappa shape index (κ1) is 13.1. The molecule has 0 spiro atoms. The van der Waals surface area contributed by atoms with Crippen LogP contribution in [0, 0.1) is 5.92 Å². The summed E-state index contributed by atoms with van der Waals surface area (Å²) < 4.78 is 5.16. The molecule has 0 radical (unpaired) electrons. The van der Waals surface area contributed by atoms with Crippen molar-refractivity contribution in [3.05, 3.63) is 41.8 Å². The fourth-order valence-corrected chi connectivity index (χ4v) is 2.68. The number of rotatable bonds is 6. The zero-order valence-electron chi connectivity index (χ0n) is 10.8. The monoisotopic (exact) mass is 261 g/mol. The normalized spacial score (nSPS) is 12.3. The summed E-state index contributed by atoms with van der Waals surface area (Å²) >= 11 is 1.77. The van der Waals surface area contributed by atoms with Crippen LogP contribution in [0.3, 0.4) is 0 Å². The standard InChI is InChI=1S/C15H19NOS/c1-12(11-17-2)10-16-14-7-4-3-6-13(14)15-8-5-9-18-15/h3-9,12,16H,10-11H2,1-2H3. The van der Waals surface area contributed by atoms with Crippen molar-refractivity contribution < 1.29 is 4.74 Å². The number of anilines is 1. The number of para-hydroxylation sites is 1. The molecule has 18 heavy (non-hydrogen) atoms. The van der Waals surface area contributed by atoms with Gasteiger partial charge in [0, 0.05) is 29.8 Å². The lowest BCUT2D eigenvalue weighted by atomic mass is 10.1. The summed E-state index contributed by atoms with van der Waals surface area (Å²) in [7, 11) is 1.75. The third-order valence-corrected chi connectivity index (χ3v) is 3.71. The summed E-state index contributed by atoms with van der Waals surface area (Å²) in [5, 5.41) is 5.62. The maximum Gasteiger partial charge on any atom is 0.0504 e. The molecule has 2 nitrogen and oxygen atoms in total. The maximum absolute atomic E-state index is 5.16. The molecule has 2 rings (SSSR count). The molecule has 1 unspecified atom stereocenters. The second kappa shape index (κ2) is 6.57. The third kappa shape index (κ3) is 3.34. The summed E-state index contributed by atoms with van der Waals surface area (Å²) in [6, 6.07) is 12.7. The van der Waals surface area contributed by atoms with Crippen molar-refractivity contribution in [1.29, 1.82) is 0 Å². The molecule has 1 aromatic carbocycles. The van der Waals surface area contributed by atoms with E-state index in [-0.39, 0.29) is 0 Å². The fraction of sp³-hybridized carbons (Fsp3) is 0.333. The van der Waals surface area contributed by atoms with Crippen LogP contribution in [0.1, 0.15) is 6.92 Å². The SMILES string of the molecule is COCC(C)CNc1ccccc1-c1cccs1. The quantitative estimate of drug-likeness (QED) is 0.845. The Kier molecular flexibility index (Phi) is 4.79. The average molecular weight is 261 g/mol. The largest absolute Gasteiger partial charge is 0.384 e. The Balaban J connectivity index is 2.09. The Morgan fingerprint density at radius 2 is 2.06 bits per heavy atom. The summed E-state index contributed by atoms with van der Waals surface area (Å²) in [5.41, 5.74) is 2.47. The van der Waals surface area contributed by atoms with E-state index in [9.17, 15) is 0 Å². The van der Waals surface area contributed by atoms with Gasteiger partial charge < -0.3 is 10.1 Å². The van der Waals surface area contributed by atoms with Crippen LogP contribution >= 0.6 is 11.3 Å². The summed E-state index contributed by atoms with van der Waals surface area (Å²) in [6.07, 6.45) is 0. The molecule has 1 aromatic heterocycles. The van der Waals surface area contributed by atoms with Gasteiger partial charge in [-0.25, -0.2) is 0 Å². The molecule has 0 saturated carbocycles. The van der Waals surface area contributed by atoms with Crippen molar-refractivity contribution >= 4 is 17.0 Å². The lowest BCUT2D eigenvalue weighted by molar-refractivity contribution is 0.164. The molecule has 0 fully saturated rings. The van der Waals surface area contributed by atoms with Gasteiger partial charge in [-0.15, -0.1) is 11.3 Å². The molecule has 0 aliphatic heterocycles. The number of methoxy groups -OCH3 is 1. The molecule has 1 heterocycles. The minimum atomic E-state index is 0.506. The van der Waals surface area contributed by atoms with E-state index in [0.717, 1.165) is 13.2 Å². The van der Waals surface area contributed by atoms with Gasteiger partial charge in [0.25, 0.3) is 0 Å². The van der Waals surface area contributed by atoms with E-state index in [0.29, 0.717) is 5.92 Å². The average Bonchev–Trinajstić information content (AvgIpc) is 2.91. The van der Waals surface area contributed by atoms with Gasteiger partial charge in [-0.3, -0.25) is 0 Å². The van der Waals surface area contributed by atoms with Crippen LogP contribution in [0.4, 0.5) is 5.69 Å². The van der Waals surface area contributed by atoms with E-state index in [1.54, 1.807) is 18.4 Å². The molecule has 0 aliphatic rings. The van der Waals surface area contributed by atoms with Crippen molar-refractivity contribution in [3.63, 3.8) is 0 Å². The van der Waals surface area contributed by atoms with E-state index >= 15 is 0 Å². The number of ether oxygens (including phenoxy) is 1. The van der Waals surface area contributed by atoms with Crippen LogP contribution in [-0.2, 0) is 4.74 Å². The first-order valence-electron chi connectivity index (χ1n) is 6.17. The summed E-state index contributed by atoms with van der Waals surface area (Å²) in [5.74, 6) is 0.506. The molecule has 1 N–H and O–H groups in total. The Labute approximate surface area is 113 Å². The van der Waals surface area contributed by atoms with Gasteiger partial charge in [0.05, 0.1) is 6.61 Å². The molecule has 0 aliphatic carbocycles. The van der Waals surface area contributed by atoms with E-state index < -0.39 is 0 Å². The third-order valence-electron chi connectivity index (χ3n) is 2.81. The molecule has 0 bridgehead atoms. The highest BCUT2D eigenvalue weighted by molar-refractivity contribution is 7.13. The van der Waals surface area contributed by atoms with E-state index in [2.05, 4.69) is 54.0 Å². The van der Waals surface area contributed by atoms with Crippen molar-refractivity contribution in [3.8, 4) is 10.4 Å². The highest BCUT2D eigenvalue weighted by atomic mass is 32.1. The van der Waals surface area contributed by atoms with Gasteiger partial charge in [-0.1, -0.05) is 31.2 Å². The molecule has 0 amide bonds. The van der Waals surface area contributed by atoms with Gasteiger partial charge in [0.2, 0.25) is 0 Å². The van der Waals surface area contributed by atoms with Gasteiger partial charge in [-0.05, 0) is 23.4 Å². The Bertz CT molecular complexity index is 467. The fourth-order valence-electron chi connectivity index (χ4n) is 1.91. The summed E-state index contributed by atoms with van der Waals surface area (Å²) in [6.45, 7) is 3.90. The predicted molar refractivity (Wildman–Crippen MR) is 79.3 cm³/mol. The molecule has 0 saturated heterocycles. The Hall–Kier alpha value is -1.32. The summed E-state index contributed by atoms with van der Waals surface area (Å²) in [4.78, 5) is 1.30. The van der Waals surface area contributed by atoms with Crippen LogP contribution in [0.15, 0.2) is 41.8 Å². The molecule has 2 aromatic rings. The molecular weight excluding hydrogens is 242 g/mol. The van der Waals surface area contributed by atoms with Crippen LogP contribution in [-0.4, -0.2) is 20.3 Å². The number of hydrogen-bond acceptors (Lipinski definition) is 3. The first-order valence-corrected chi connectivity index (χ1v) is 7.05. The molecular formula is C15H19NOS. The highest BCUT2D eigenvalue weighted by Gasteiger charge is 2.06. The molecule has 96 valence electrons. The highest BCUT2D eigenvalue weighted by Crippen LogP contribution is 2.31. The zero-order chi connectivity index (χ0) is 12.8. The van der Waals surface area contributed by atoms with Crippen molar-refractivity contribution in [1.82, 2.24) is 0 Å². The first-order chi connectivity index (χ1) is 8.81. The van der Waals surface area contributed by atoms with Gasteiger partial charge in [-0.2, -0.15) is 0 Å². The number of benzene rings is 1. The number of nitrogens with one attached hydrogen (secondary N) is 1. The van der Waals surface area contributed by atoms with Gasteiger partial charge in [0.1, 0.15) is 0 Å². The Morgan fingerprint density at radius 1 is 1.22 bits per heavy atom. The Morgan fingerprint density at radius 3 is 2.78 bits per heavy atom. The zero-order valence-corrected chi connectivity index (χ0v) is 11.7. The maximum atomic E-state index is 5.16. The predicted octanol–water partition coefficient (Wildman–Crippen LogP) is 4.11. The van der Waals surface area contributed by atoms with Crippen molar-refractivity contribution in [2.75, 3.05) is 25.6 Å². The smallest absolute Gasteiger partial charge is 0.0504 e. The number of thiophene rings is 1. The van der Waals surface area contributed by atoms with Crippen molar-refractivity contribution in [2.24, 2.45) is 5.92 Å². The minimum absolute atomic E-state index is 0.506. The second-order valence-electron chi connectivity index (χ2n) is 4.46. The lowest BCUT2D eigenvalue weighted by Crippen LogP contribution is -2.16. The van der Waals surface area contributed by atoms with Crippen LogP contribution in [0.25, 0.3) is 10.4 Å².